The van der Waals surface area contributed by atoms with Crippen molar-refractivity contribution in [3.8, 4) is 0 Å². The molecule has 1 fully saturated rings. The molecule has 0 aliphatic carbocycles. The summed E-state index contributed by atoms with van der Waals surface area (Å²) in [5, 5.41) is 0. The molecule has 122 valence electrons. The van der Waals surface area contributed by atoms with Crippen molar-refractivity contribution in [3.05, 3.63) is 35.4 Å². The maximum atomic E-state index is 12.5. The monoisotopic (exact) mass is 324 g/mol. The van der Waals surface area contributed by atoms with Crippen molar-refractivity contribution in [2.75, 3.05) is 32.4 Å². The lowest BCUT2D eigenvalue weighted by atomic mass is 9.97. The SMILES string of the molecule is CCC(C)c1ccc(C(=O)N2CCN(S(C)(=O)=O)CC2)cc1. The van der Waals surface area contributed by atoms with Crippen LogP contribution in [0.4, 0.5) is 0 Å². The Kier molecular flexibility index (Phi) is 5.24. The van der Waals surface area contributed by atoms with Crippen molar-refractivity contribution in [2.45, 2.75) is 26.2 Å². The molecule has 0 aromatic heterocycles. The van der Waals surface area contributed by atoms with Crippen LogP contribution in [0.15, 0.2) is 24.3 Å². The van der Waals surface area contributed by atoms with Gasteiger partial charge >= 0.3 is 0 Å². The lowest BCUT2D eigenvalue weighted by molar-refractivity contribution is 0.0698. The minimum atomic E-state index is -3.16. The summed E-state index contributed by atoms with van der Waals surface area (Å²) in [7, 11) is -3.16. The predicted molar refractivity (Wildman–Crippen MR) is 87.5 cm³/mol. The molecule has 0 radical (unpaired) electrons. The number of carbonyl (C=O) groups excluding carboxylic acids is 1. The lowest BCUT2D eigenvalue weighted by Gasteiger charge is -2.33. The quantitative estimate of drug-likeness (QED) is 0.850. The first-order valence-corrected chi connectivity index (χ1v) is 9.52. The first-order chi connectivity index (χ1) is 10.3. The number of nitrogens with zero attached hydrogens (tertiary/aromatic N) is 2. The van der Waals surface area contributed by atoms with Gasteiger partial charge in [0.15, 0.2) is 0 Å². The van der Waals surface area contributed by atoms with Crippen LogP contribution in [-0.4, -0.2) is 56.0 Å². The van der Waals surface area contributed by atoms with Crippen molar-refractivity contribution in [2.24, 2.45) is 0 Å². The molecule has 6 heteroatoms. The van der Waals surface area contributed by atoms with E-state index < -0.39 is 10.0 Å². The molecule has 0 saturated carbocycles. The highest BCUT2D eigenvalue weighted by Gasteiger charge is 2.26. The Morgan fingerprint density at radius 2 is 1.68 bits per heavy atom. The molecule has 22 heavy (non-hydrogen) atoms. The number of carbonyl (C=O) groups is 1. The summed E-state index contributed by atoms with van der Waals surface area (Å²) in [5.74, 6) is 0.464. The summed E-state index contributed by atoms with van der Waals surface area (Å²) in [5.41, 5.74) is 1.90. The van der Waals surface area contributed by atoms with Crippen molar-refractivity contribution >= 4 is 15.9 Å². The predicted octanol–water partition coefficient (Wildman–Crippen LogP) is 1.92. The van der Waals surface area contributed by atoms with Gasteiger partial charge in [-0.1, -0.05) is 26.0 Å². The summed E-state index contributed by atoms with van der Waals surface area (Å²) < 4.78 is 24.4. The minimum Gasteiger partial charge on any atom is -0.336 e. The summed E-state index contributed by atoms with van der Waals surface area (Å²) in [6, 6.07) is 7.75. The van der Waals surface area contributed by atoms with E-state index in [0.717, 1.165) is 6.42 Å². The van der Waals surface area contributed by atoms with Gasteiger partial charge in [0.05, 0.1) is 6.26 Å². The van der Waals surface area contributed by atoms with E-state index in [2.05, 4.69) is 13.8 Å². The van der Waals surface area contributed by atoms with Gasteiger partial charge in [0.2, 0.25) is 10.0 Å². The molecule has 1 saturated heterocycles. The standard InChI is InChI=1S/C16H24N2O3S/c1-4-13(2)14-5-7-15(8-6-14)16(19)17-9-11-18(12-10-17)22(3,20)21/h5-8,13H,4,9-12H2,1-3H3. The van der Waals surface area contributed by atoms with Gasteiger partial charge in [0.25, 0.3) is 5.91 Å². The molecule has 2 rings (SSSR count). The average molecular weight is 324 g/mol. The highest BCUT2D eigenvalue weighted by atomic mass is 32.2. The van der Waals surface area contributed by atoms with Crippen LogP contribution in [0.3, 0.4) is 0 Å². The van der Waals surface area contributed by atoms with Crippen LogP contribution >= 0.6 is 0 Å². The normalized spacial score (nSPS) is 18.2. The zero-order chi connectivity index (χ0) is 16.3. The van der Waals surface area contributed by atoms with Gasteiger partial charge in [-0.15, -0.1) is 0 Å². The Morgan fingerprint density at radius 1 is 1.14 bits per heavy atom. The molecule has 1 aromatic carbocycles. The highest BCUT2D eigenvalue weighted by Crippen LogP contribution is 2.19. The van der Waals surface area contributed by atoms with Gasteiger partial charge in [-0.2, -0.15) is 4.31 Å². The lowest BCUT2D eigenvalue weighted by Crippen LogP contribution is -2.50. The topological polar surface area (TPSA) is 57.7 Å². The van der Waals surface area contributed by atoms with Crippen LogP contribution in [0.25, 0.3) is 0 Å². The van der Waals surface area contributed by atoms with Crippen LogP contribution in [-0.2, 0) is 10.0 Å². The molecule has 1 aliphatic rings. The van der Waals surface area contributed by atoms with Gasteiger partial charge < -0.3 is 4.90 Å². The second-order valence-electron chi connectivity index (χ2n) is 5.89. The molecule has 1 aromatic rings. The maximum Gasteiger partial charge on any atom is 0.253 e. The maximum absolute atomic E-state index is 12.5. The second-order valence-corrected chi connectivity index (χ2v) is 7.87. The molecule has 0 spiro atoms. The summed E-state index contributed by atoms with van der Waals surface area (Å²) in [6.07, 6.45) is 2.28. The molecule has 0 bridgehead atoms. The first kappa shape index (κ1) is 17.0. The smallest absolute Gasteiger partial charge is 0.253 e. The van der Waals surface area contributed by atoms with E-state index in [1.165, 1.54) is 16.1 Å². The molecular weight excluding hydrogens is 300 g/mol. The third-order valence-electron chi connectivity index (χ3n) is 4.33. The van der Waals surface area contributed by atoms with E-state index in [0.29, 0.717) is 37.7 Å². The third-order valence-corrected chi connectivity index (χ3v) is 5.64. The fourth-order valence-corrected chi connectivity index (χ4v) is 3.42. The van der Waals surface area contributed by atoms with E-state index in [1.54, 1.807) is 4.90 Å². The molecule has 1 amide bonds. The Labute approximate surface area is 133 Å². The van der Waals surface area contributed by atoms with Crippen molar-refractivity contribution in [1.82, 2.24) is 9.21 Å². The molecule has 0 N–H and O–H groups in total. The molecular formula is C16H24N2O3S. The van der Waals surface area contributed by atoms with Crippen LogP contribution in [0, 0.1) is 0 Å². The first-order valence-electron chi connectivity index (χ1n) is 7.67. The van der Waals surface area contributed by atoms with Gasteiger partial charge in [-0.3, -0.25) is 4.79 Å². The number of amides is 1. The van der Waals surface area contributed by atoms with E-state index in [9.17, 15) is 13.2 Å². The largest absolute Gasteiger partial charge is 0.336 e. The number of sulfonamides is 1. The number of hydrogen-bond donors (Lipinski definition) is 0. The zero-order valence-electron chi connectivity index (χ0n) is 13.4. The van der Waals surface area contributed by atoms with E-state index >= 15 is 0 Å². The fourth-order valence-electron chi connectivity index (χ4n) is 2.60. The van der Waals surface area contributed by atoms with Gasteiger partial charge in [0.1, 0.15) is 0 Å². The number of benzene rings is 1. The van der Waals surface area contributed by atoms with Crippen LogP contribution < -0.4 is 0 Å². The van der Waals surface area contributed by atoms with Gasteiger partial charge in [-0.05, 0) is 30.0 Å². The van der Waals surface area contributed by atoms with Gasteiger partial charge in [-0.25, -0.2) is 8.42 Å². The summed E-state index contributed by atoms with van der Waals surface area (Å²) in [6.45, 7) is 5.94. The van der Waals surface area contributed by atoms with Crippen molar-refractivity contribution in [3.63, 3.8) is 0 Å². The van der Waals surface area contributed by atoms with Gasteiger partial charge in [0, 0.05) is 31.7 Å². The summed E-state index contributed by atoms with van der Waals surface area (Å²) >= 11 is 0. The average Bonchev–Trinajstić information content (AvgIpc) is 2.53. The molecule has 1 heterocycles. The molecule has 1 unspecified atom stereocenters. The Bertz CT molecular complexity index is 617. The number of rotatable bonds is 4. The number of hydrogen-bond acceptors (Lipinski definition) is 3. The Hall–Kier alpha value is -1.40. The number of piperazine rings is 1. The van der Waals surface area contributed by atoms with Crippen molar-refractivity contribution in [1.29, 1.82) is 0 Å². The van der Waals surface area contributed by atoms with Crippen LogP contribution in [0.5, 0.6) is 0 Å². The van der Waals surface area contributed by atoms with Crippen LogP contribution in [0.1, 0.15) is 42.1 Å². The van der Waals surface area contributed by atoms with Crippen LogP contribution in [0.2, 0.25) is 0 Å². The second kappa shape index (κ2) is 6.79. The molecule has 5 nitrogen and oxygen atoms in total. The third kappa shape index (κ3) is 3.87. The van der Waals surface area contributed by atoms with E-state index in [1.807, 2.05) is 24.3 Å². The Morgan fingerprint density at radius 3 is 2.14 bits per heavy atom. The highest BCUT2D eigenvalue weighted by molar-refractivity contribution is 7.88. The zero-order valence-corrected chi connectivity index (χ0v) is 14.3. The van der Waals surface area contributed by atoms with E-state index in [-0.39, 0.29) is 5.91 Å². The minimum absolute atomic E-state index is 0.0242. The molecule has 1 atom stereocenters. The van der Waals surface area contributed by atoms with E-state index in [4.69, 9.17) is 0 Å². The Balaban J connectivity index is 2.01. The summed E-state index contributed by atoms with van der Waals surface area (Å²) in [4.78, 5) is 14.2. The molecule has 1 aliphatic heterocycles. The van der Waals surface area contributed by atoms with Crippen molar-refractivity contribution < 1.29 is 13.2 Å². The fraction of sp³-hybridized carbons (Fsp3) is 0.562.